The first-order chi connectivity index (χ1) is 13.8. The maximum atomic E-state index is 8.96. The highest BCUT2D eigenvalue weighted by Gasteiger charge is 2.13. The maximum Gasteiger partial charge on any atom is 0.101 e. The highest BCUT2D eigenvalue weighted by Crippen LogP contribution is 2.19. The summed E-state index contributed by atoms with van der Waals surface area (Å²) in [5.74, 6) is 0. The van der Waals surface area contributed by atoms with E-state index in [1.54, 1.807) is 0 Å². The summed E-state index contributed by atoms with van der Waals surface area (Å²) in [6, 6.07) is 19.9. The fourth-order valence-electron chi connectivity index (χ4n) is 3.42. The number of nitriles is 2. The first-order valence-electron chi connectivity index (χ1n) is 9.72. The van der Waals surface area contributed by atoms with Gasteiger partial charge in [-0.3, -0.25) is 0 Å². The van der Waals surface area contributed by atoms with Crippen molar-refractivity contribution in [3.05, 3.63) is 59.7 Å². The fourth-order valence-corrected chi connectivity index (χ4v) is 3.42. The molecule has 4 rings (SSSR count). The van der Waals surface area contributed by atoms with Crippen LogP contribution in [-0.4, -0.2) is 52.4 Å². The second-order valence-corrected chi connectivity index (χ2v) is 6.76. The van der Waals surface area contributed by atoms with Gasteiger partial charge in [0.2, 0.25) is 0 Å². The van der Waals surface area contributed by atoms with Gasteiger partial charge in [0.05, 0.1) is 22.9 Å². The monoisotopic (exact) mass is 374 g/mol. The van der Waals surface area contributed by atoms with E-state index in [0.29, 0.717) is 0 Å². The van der Waals surface area contributed by atoms with Crippen molar-refractivity contribution in [2.24, 2.45) is 0 Å². The molecule has 2 aromatic rings. The van der Waals surface area contributed by atoms with E-state index in [-0.39, 0.29) is 0 Å². The Morgan fingerprint density at radius 3 is 1.82 bits per heavy atom. The highest BCUT2D eigenvalue weighted by atomic mass is 15.2. The Labute approximate surface area is 167 Å². The lowest BCUT2D eigenvalue weighted by atomic mass is 10.1. The van der Waals surface area contributed by atoms with E-state index in [0.717, 1.165) is 69.2 Å². The van der Waals surface area contributed by atoms with Crippen LogP contribution in [-0.2, 0) is 0 Å². The largest absolute Gasteiger partial charge is 0.369 e. The Balaban J connectivity index is 0.000000161. The number of rotatable bonds is 2. The average Bonchev–Trinajstić information content (AvgIpc) is 2.81. The first kappa shape index (κ1) is 19.7. The van der Waals surface area contributed by atoms with Crippen LogP contribution in [0.2, 0.25) is 0 Å². The summed E-state index contributed by atoms with van der Waals surface area (Å²) in [6.45, 7) is 8.15. The standard InChI is InChI=1S/2C11H13N3/c12-9-10-1-3-11(4-2-10)14-7-5-13-6-8-14;12-9-10-3-1-2-4-11(10)14-7-5-13-6-8-14/h2*1-4,13H,5-8H2. The molecule has 144 valence electrons. The first-order valence-corrected chi connectivity index (χ1v) is 9.72. The van der Waals surface area contributed by atoms with E-state index < -0.39 is 0 Å². The summed E-state index contributed by atoms with van der Waals surface area (Å²) < 4.78 is 0. The number of hydrogen-bond acceptors (Lipinski definition) is 6. The van der Waals surface area contributed by atoms with Crippen LogP contribution < -0.4 is 20.4 Å². The average molecular weight is 374 g/mol. The number of hydrogen-bond donors (Lipinski definition) is 2. The van der Waals surface area contributed by atoms with Gasteiger partial charge in [0.15, 0.2) is 0 Å². The van der Waals surface area contributed by atoms with E-state index in [4.69, 9.17) is 10.5 Å². The summed E-state index contributed by atoms with van der Waals surface area (Å²) in [6.07, 6.45) is 0. The topological polar surface area (TPSA) is 78.1 Å². The van der Waals surface area contributed by atoms with Gasteiger partial charge >= 0.3 is 0 Å². The van der Waals surface area contributed by atoms with Crippen molar-refractivity contribution in [3.63, 3.8) is 0 Å². The molecule has 0 saturated carbocycles. The molecule has 2 heterocycles. The zero-order chi connectivity index (χ0) is 19.6. The van der Waals surface area contributed by atoms with Crippen LogP contribution in [0.3, 0.4) is 0 Å². The van der Waals surface area contributed by atoms with Crippen LogP contribution in [0.1, 0.15) is 11.1 Å². The van der Waals surface area contributed by atoms with Gasteiger partial charge in [-0.1, -0.05) is 12.1 Å². The molecule has 6 heteroatoms. The summed E-state index contributed by atoms with van der Waals surface area (Å²) in [4.78, 5) is 4.59. The quantitative estimate of drug-likeness (QED) is 0.836. The van der Waals surface area contributed by atoms with Crippen LogP contribution in [0.25, 0.3) is 0 Å². The third-order valence-electron chi connectivity index (χ3n) is 4.96. The zero-order valence-corrected chi connectivity index (χ0v) is 16.1. The summed E-state index contributed by atoms with van der Waals surface area (Å²) in [5.41, 5.74) is 3.78. The molecule has 0 spiro atoms. The van der Waals surface area contributed by atoms with Crippen molar-refractivity contribution in [1.29, 1.82) is 10.5 Å². The summed E-state index contributed by atoms with van der Waals surface area (Å²) in [5, 5.41) is 24.2. The Morgan fingerprint density at radius 2 is 1.25 bits per heavy atom. The van der Waals surface area contributed by atoms with E-state index in [2.05, 4.69) is 32.6 Å². The Hall–Kier alpha value is -3.06. The number of piperazine rings is 2. The third-order valence-corrected chi connectivity index (χ3v) is 4.96. The number of anilines is 2. The third kappa shape index (κ3) is 5.23. The maximum absolute atomic E-state index is 8.96. The van der Waals surface area contributed by atoms with E-state index in [1.165, 1.54) is 5.69 Å². The Kier molecular flexibility index (Phi) is 7.26. The highest BCUT2D eigenvalue weighted by molar-refractivity contribution is 5.59. The van der Waals surface area contributed by atoms with Crippen LogP contribution >= 0.6 is 0 Å². The molecular formula is C22H26N6. The van der Waals surface area contributed by atoms with E-state index in [1.807, 2.05) is 48.5 Å². The second kappa shape index (κ2) is 10.3. The van der Waals surface area contributed by atoms with Gasteiger partial charge in [-0.2, -0.15) is 10.5 Å². The number of nitrogens with zero attached hydrogens (tertiary/aromatic N) is 4. The minimum atomic E-state index is 0.726. The number of para-hydroxylation sites is 1. The summed E-state index contributed by atoms with van der Waals surface area (Å²) >= 11 is 0. The molecule has 0 radical (unpaired) electrons. The predicted molar refractivity (Wildman–Crippen MR) is 112 cm³/mol. The molecule has 0 atom stereocenters. The lowest BCUT2D eigenvalue weighted by molar-refractivity contribution is 0.589. The molecule has 0 bridgehead atoms. The lowest BCUT2D eigenvalue weighted by Gasteiger charge is -2.29. The van der Waals surface area contributed by atoms with Crippen LogP contribution in [0, 0.1) is 22.7 Å². The Morgan fingerprint density at radius 1 is 0.679 bits per heavy atom. The molecule has 2 saturated heterocycles. The molecule has 2 fully saturated rings. The SMILES string of the molecule is N#Cc1ccc(N2CCNCC2)cc1.N#Cc1ccccc1N1CCNCC1. The molecule has 0 aliphatic carbocycles. The molecule has 2 aliphatic rings. The lowest BCUT2D eigenvalue weighted by Crippen LogP contribution is -2.43. The van der Waals surface area contributed by atoms with Gasteiger partial charge in [0.25, 0.3) is 0 Å². The van der Waals surface area contributed by atoms with Gasteiger partial charge in [-0.15, -0.1) is 0 Å². The molecule has 2 aliphatic heterocycles. The zero-order valence-electron chi connectivity index (χ0n) is 16.1. The fraction of sp³-hybridized carbons (Fsp3) is 0.364. The van der Waals surface area contributed by atoms with Crippen molar-refractivity contribution in [2.75, 3.05) is 62.2 Å². The predicted octanol–water partition coefficient (Wildman–Crippen LogP) is 1.94. The minimum absolute atomic E-state index is 0.726. The molecule has 2 N–H and O–H groups in total. The number of nitrogens with one attached hydrogen (secondary N) is 2. The Bertz CT molecular complexity index is 821. The van der Waals surface area contributed by atoms with Crippen molar-refractivity contribution in [3.8, 4) is 12.1 Å². The van der Waals surface area contributed by atoms with Crippen LogP contribution in [0.4, 0.5) is 11.4 Å². The molecule has 0 unspecified atom stereocenters. The summed E-state index contributed by atoms with van der Waals surface area (Å²) in [7, 11) is 0. The number of benzene rings is 2. The van der Waals surface area contributed by atoms with Gasteiger partial charge in [-0.25, -0.2) is 0 Å². The molecular weight excluding hydrogens is 348 g/mol. The van der Waals surface area contributed by atoms with Gasteiger partial charge in [0, 0.05) is 58.0 Å². The van der Waals surface area contributed by atoms with E-state index in [9.17, 15) is 0 Å². The van der Waals surface area contributed by atoms with Crippen LogP contribution in [0.15, 0.2) is 48.5 Å². The van der Waals surface area contributed by atoms with Crippen molar-refractivity contribution in [1.82, 2.24) is 10.6 Å². The van der Waals surface area contributed by atoms with Crippen LogP contribution in [0.5, 0.6) is 0 Å². The molecule has 0 aromatic heterocycles. The van der Waals surface area contributed by atoms with Crippen molar-refractivity contribution in [2.45, 2.75) is 0 Å². The molecule has 6 nitrogen and oxygen atoms in total. The normalized spacial score (nSPS) is 16.4. The minimum Gasteiger partial charge on any atom is -0.369 e. The van der Waals surface area contributed by atoms with Gasteiger partial charge in [0.1, 0.15) is 6.07 Å². The molecule has 28 heavy (non-hydrogen) atoms. The molecule has 2 aromatic carbocycles. The smallest absolute Gasteiger partial charge is 0.101 e. The van der Waals surface area contributed by atoms with Gasteiger partial charge in [-0.05, 0) is 36.4 Å². The van der Waals surface area contributed by atoms with E-state index >= 15 is 0 Å². The molecule has 0 amide bonds. The second-order valence-electron chi connectivity index (χ2n) is 6.76. The van der Waals surface area contributed by atoms with Crippen molar-refractivity contribution < 1.29 is 0 Å². The van der Waals surface area contributed by atoms with Crippen molar-refractivity contribution >= 4 is 11.4 Å². The van der Waals surface area contributed by atoms with Gasteiger partial charge < -0.3 is 20.4 Å².